The SMILES string of the molecule is Cc1ccc(C(=O)N2CCCN(c3nc(CC(C)C)nc4onc(-c5cccc(C(F)(F)F)c5)c34)CC2)cc1. The Bertz CT molecular complexity index is 1480. The van der Waals surface area contributed by atoms with E-state index in [1.165, 1.54) is 6.07 Å². The molecule has 0 aliphatic carbocycles. The van der Waals surface area contributed by atoms with Gasteiger partial charge in [-0.1, -0.05) is 48.8 Å². The molecule has 2 aromatic heterocycles. The number of halogens is 3. The lowest BCUT2D eigenvalue weighted by molar-refractivity contribution is -0.137. The summed E-state index contributed by atoms with van der Waals surface area (Å²) in [6, 6.07) is 12.5. The van der Waals surface area contributed by atoms with Crippen LogP contribution in [0.25, 0.3) is 22.4 Å². The van der Waals surface area contributed by atoms with Gasteiger partial charge in [-0.15, -0.1) is 0 Å². The molecule has 1 saturated heterocycles. The monoisotopic (exact) mass is 537 g/mol. The summed E-state index contributed by atoms with van der Waals surface area (Å²) < 4.78 is 45.9. The number of rotatable bonds is 5. The van der Waals surface area contributed by atoms with E-state index in [9.17, 15) is 18.0 Å². The molecule has 204 valence electrons. The Morgan fingerprint density at radius 3 is 2.51 bits per heavy atom. The van der Waals surface area contributed by atoms with Crippen LogP contribution in [0, 0.1) is 12.8 Å². The van der Waals surface area contributed by atoms with E-state index in [4.69, 9.17) is 9.51 Å². The van der Waals surface area contributed by atoms with Crippen molar-refractivity contribution in [1.82, 2.24) is 20.0 Å². The maximum atomic E-state index is 13.4. The summed E-state index contributed by atoms with van der Waals surface area (Å²) in [4.78, 5) is 26.5. The van der Waals surface area contributed by atoms with Gasteiger partial charge in [0.05, 0.1) is 5.56 Å². The molecular weight excluding hydrogens is 507 g/mol. The largest absolute Gasteiger partial charge is 0.416 e. The zero-order valence-electron chi connectivity index (χ0n) is 22.1. The molecule has 10 heteroatoms. The Balaban J connectivity index is 1.52. The Kier molecular flexibility index (Phi) is 7.29. The van der Waals surface area contributed by atoms with Crippen LogP contribution in [0.15, 0.2) is 53.1 Å². The lowest BCUT2D eigenvalue weighted by Gasteiger charge is -2.24. The Morgan fingerprint density at radius 1 is 1.03 bits per heavy atom. The van der Waals surface area contributed by atoms with Crippen molar-refractivity contribution < 1.29 is 22.5 Å². The van der Waals surface area contributed by atoms with Crippen LogP contribution in [0.2, 0.25) is 0 Å². The van der Waals surface area contributed by atoms with Crippen LogP contribution in [0.1, 0.15) is 47.6 Å². The number of aromatic nitrogens is 3. The van der Waals surface area contributed by atoms with Crippen molar-refractivity contribution in [3.8, 4) is 11.3 Å². The molecule has 0 atom stereocenters. The summed E-state index contributed by atoms with van der Waals surface area (Å²) >= 11 is 0. The molecule has 39 heavy (non-hydrogen) atoms. The van der Waals surface area contributed by atoms with Crippen LogP contribution in [-0.2, 0) is 12.6 Å². The molecule has 7 nitrogen and oxygen atoms in total. The van der Waals surface area contributed by atoms with Crippen LogP contribution >= 0.6 is 0 Å². The smallest absolute Gasteiger partial charge is 0.354 e. The Morgan fingerprint density at radius 2 is 1.79 bits per heavy atom. The third-order valence-corrected chi connectivity index (χ3v) is 6.80. The fourth-order valence-electron chi connectivity index (χ4n) is 4.82. The van der Waals surface area contributed by atoms with E-state index in [1.807, 2.05) is 36.1 Å². The zero-order chi connectivity index (χ0) is 27.7. The lowest BCUT2D eigenvalue weighted by atomic mass is 10.1. The number of alkyl halides is 3. The standard InChI is InChI=1S/C29H30F3N5O2/c1-18(2)16-23-33-26(36-12-5-13-37(15-14-36)28(38)20-10-8-19(3)9-11-20)24-25(35-39-27(24)34-23)21-6-4-7-22(17-21)29(30,31)32/h4,6-11,17-18H,5,12-16H2,1-3H3. The van der Waals surface area contributed by atoms with Gasteiger partial charge in [-0.2, -0.15) is 18.2 Å². The minimum atomic E-state index is -4.49. The molecule has 1 aliphatic rings. The fraction of sp³-hybridized carbons (Fsp3) is 0.379. The van der Waals surface area contributed by atoms with Gasteiger partial charge in [0.25, 0.3) is 11.6 Å². The van der Waals surface area contributed by atoms with Crippen molar-refractivity contribution in [3.63, 3.8) is 0 Å². The number of aryl methyl sites for hydroxylation is 1. The topological polar surface area (TPSA) is 75.4 Å². The molecule has 0 saturated carbocycles. The number of amides is 1. The number of hydrogen-bond donors (Lipinski definition) is 0. The van der Waals surface area contributed by atoms with E-state index in [0.717, 1.165) is 17.7 Å². The van der Waals surface area contributed by atoms with Gasteiger partial charge in [-0.25, -0.2) is 4.98 Å². The molecule has 0 spiro atoms. The van der Waals surface area contributed by atoms with E-state index >= 15 is 0 Å². The van der Waals surface area contributed by atoms with Crippen molar-refractivity contribution in [2.24, 2.45) is 5.92 Å². The molecule has 0 unspecified atom stereocenters. The minimum Gasteiger partial charge on any atom is -0.354 e. The van der Waals surface area contributed by atoms with Gasteiger partial charge in [0.2, 0.25) is 0 Å². The quantitative estimate of drug-likeness (QED) is 0.303. The number of fused-ring (bicyclic) bond motifs is 1. The lowest BCUT2D eigenvalue weighted by Crippen LogP contribution is -2.35. The predicted octanol–water partition coefficient (Wildman–Crippen LogP) is 6.16. The zero-order valence-corrected chi connectivity index (χ0v) is 22.1. The first-order chi connectivity index (χ1) is 18.6. The highest BCUT2D eigenvalue weighted by atomic mass is 19.4. The second-order valence-corrected chi connectivity index (χ2v) is 10.4. The van der Waals surface area contributed by atoms with Crippen molar-refractivity contribution in [2.75, 3.05) is 31.1 Å². The molecule has 2 aromatic carbocycles. The van der Waals surface area contributed by atoms with Crippen LogP contribution in [0.5, 0.6) is 0 Å². The third kappa shape index (κ3) is 5.74. The maximum absolute atomic E-state index is 13.4. The number of carbonyl (C=O) groups excluding carboxylic acids is 1. The highest BCUT2D eigenvalue weighted by molar-refractivity contribution is 5.98. The molecule has 0 N–H and O–H groups in total. The second-order valence-electron chi connectivity index (χ2n) is 10.4. The van der Waals surface area contributed by atoms with E-state index in [-0.39, 0.29) is 28.8 Å². The second kappa shape index (κ2) is 10.7. The van der Waals surface area contributed by atoms with Crippen molar-refractivity contribution >= 4 is 22.8 Å². The fourth-order valence-corrected chi connectivity index (χ4v) is 4.82. The van der Waals surface area contributed by atoms with Crippen LogP contribution in [-0.4, -0.2) is 52.1 Å². The summed E-state index contributed by atoms with van der Waals surface area (Å²) in [6.45, 7) is 8.26. The highest BCUT2D eigenvalue weighted by Gasteiger charge is 2.32. The van der Waals surface area contributed by atoms with Gasteiger partial charge >= 0.3 is 6.18 Å². The summed E-state index contributed by atoms with van der Waals surface area (Å²) in [5, 5.41) is 4.61. The molecular formula is C29H30F3N5O2. The van der Waals surface area contributed by atoms with Gasteiger partial charge in [0.15, 0.2) is 0 Å². The molecule has 1 aliphatic heterocycles. The molecule has 1 amide bonds. The van der Waals surface area contributed by atoms with E-state index < -0.39 is 11.7 Å². The molecule has 3 heterocycles. The van der Waals surface area contributed by atoms with E-state index in [1.54, 1.807) is 6.07 Å². The van der Waals surface area contributed by atoms with Gasteiger partial charge in [0.1, 0.15) is 22.7 Å². The Labute approximate surface area is 224 Å². The van der Waals surface area contributed by atoms with Crippen LogP contribution in [0.4, 0.5) is 19.0 Å². The number of hydrogen-bond acceptors (Lipinski definition) is 6. The maximum Gasteiger partial charge on any atom is 0.416 e. The molecule has 0 bridgehead atoms. The Hall–Kier alpha value is -3.95. The van der Waals surface area contributed by atoms with Gasteiger partial charge in [-0.05, 0) is 43.5 Å². The van der Waals surface area contributed by atoms with Gasteiger partial charge in [-0.3, -0.25) is 4.79 Å². The average Bonchev–Trinajstić information content (AvgIpc) is 3.16. The summed E-state index contributed by atoms with van der Waals surface area (Å²) in [5.74, 6) is 1.40. The van der Waals surface area contributed by atoms with E-state index in [0.29, 0.717) is 61.6 Å². The van der Waals surface area contributed by atoms with Gasteiger partial charge < -0.3 is 14.3 Å². The van der Waals surface area contributed by atoms with Crippen molar-refractivity contribution in [3.05, 3.63) is 71.0 Å². The first-order valence-corrected chi connectivity index (χ1v) is 13.0. The first-order valence-electron chi connectivity index (χ1n) is 13.0. The van der Waals surface area contributed by atoms with Crippen molar-refractivity contribution in [2.45, 2.75) is 39.8 Å². The average molecular weight is 538 g/mol. The van der Waals surface area contributed by atoms with E-state index in [2.05, 4.69) is 28.9 Å². The molecule has 4 aromatic rings. The molecule has 5 rings (SSSR count). The molecule has 0 radical (unpaired) electrons. The minimum absolute atomic E-state index is 0.0280. The number of benzene rings is 2. The normalized spacial score (nSPS) is 14.7. The summed E-state index contributed by atoms with van der Waals surface area (Å²) in [5.41, 5.74) is 1.73. The van der Waals surface area contributed by atoms with Crippen molar-refractivity contribution in [1.29, 1.82) is 0 Å². The highest BCUT2D eigenvalue weighted by Crippen LogP contribution is 2.37. The number of nitrogens with zero attached hydrogens (tertiary/aromatic N) is 5. The van der Waals surface area contributed by atoms with Crippen LogP contribution < -0.4 is 4.90 Å². The predicted molar refractivity (Wildman–Crippen MR) is 142 cm³/mol. The summed E-state index contributed by atoms with van der Waals surface area (Å²) in [6.07, 6.45) is -3.18. The number of carbonyl (C=O) groups is 1. The van der Waals surface area contributed by atoms with Crippen LogP contribution in [0.3, 0.4) is 0 Å². The third-order valence-electron chi connectivity index (χ3n) is 6.80. The van der Waals surface area contributed by atoms with Gasteiger partial charge in [0, 0.05) is 43.7 Å². The summed E-state index contributed by atoms with van der Waals surface area (Å²) in [7, 11) is 0. The molecule has 1 fully saturated rings. The number of anilines is 1. The first kappa shape index (κ1) is 26.6.